The minimum absolute atomic E-state index is 0.0303. The molecule has 1 amide bonds. The van der Waals surface area contributed by atoms with Gasteiger partial charge in [-0.3, -0.25) is 9.78 Å². The molecular formula is C29H28F4N2O3S. The molecule has 0 spiro atoms. The van der Waals surface area contributed by atoms with Gasteiger partial charge in [-0.05, 0) is 78.1 Å². The van der Waals surface area contributed by atoms with Gasteiger partial charge in [0.2, 0.25) is 5.91 Å². The van der Waals surface area contributed by atoms with Crippen molar-refractivity contribution in [3.05, 3.63) is 95.1 Å². The summed E-state index contributed by atoms with van der Waals surface area (Å²) in [6.07, 6.45) is -1.18. The Balaban J connectivity index is 1.50. The molecule has 3 atom stereocenters. The number of benzene rings is 2. The van der Waals surface area contributed by atoms with Crippen LogP contribution in [0.15, 0.2) is 71.8 Å². The average molecular weight is 561 g/mol. The first kappa shape index (κ1) is 27.3. The van der Waals surface area contributed by atoms with Crippen molar-refractivity contribution in [1.29, 1.82) is 0 Å². The van der Waals surface area contributed by atoms with Crippen LogP contribution in [0.3, 0.4) is 0 Å². The van der Waals surface area contributed by atoms with Crippen molar-refractivity contribution in [3.63, 3.8) is 0 Å². The van der Waals surface area contributed by atoms with Crippen LogP contribution in [0.1, 0.15) is 60.5 Å². The van der Waals surface area contributed by atoms with Crippen LogP contribution in [0.25, 0.3) is 0 Å². The molecule has 5 rings (SSSR count). The number of amides is 1. The second-order valence-electron chi connectivity index (χ2n) is 10.3. The van der Waals surface area contributed by atoms with Gasteiger partial charge in [-0.2, -0.15) is 13.2 Å². The van der Waals surface area contributed by atoms with Crippen molar-refractivity contribution in [2.75, 3.05) is 5.75 Å². The predicted octanol–water partition coefficient (Wildman–Crippen LogP) is 6.32. The lowest BCUT2D eigenvalue weighted by Crippen LogP contribution is -2.37. The molecule has 1 unspecified atom stereocenters. The third-order valence-corrected chi connectivity index (χ3v) is 9.23. The summed E-state index contributed by atoms with van der Waals surface area (Å²) in [6.45, 7) is 1.60. The predicted molar refractivity (Wildman–Crippen MR) is 137 cm³/mol. The van der Waals surface area contributed by atoms with Gasteiger partial charge in [-0.25, -0.2) is 12.8 Å². The Kier molecular flexibility index (Phi) is 7.26. The van der Waals surface area contributed by atoms with E-state index in [1.807, 2.05) is 0 Å². The van der Waals surface area contributed by atoms with E-state index in [4.69, 9.17) is 0 Å². The minimum Gasteiger partial charge on any atom is -0.331 e. The van der Waals surface area contributed by atoms with Gasteiger partial charge in [0.05, 0.1) is 16.7 Å². The Morgan fingerprint density at radius 3 is 2.38 bits per heavy atom. The molecular weight excluding hydrogens is 532 g/mol. The second-order valence-corrected chi connectivity index (χ2v) is 12.6. The van der Waals surface area contributed by atoms with Gasteiger partial charge in [0, 0.05) is 18.7 Å². The molecule has 2 saturated carbocycles. The molecule has 39 heavy (non-hydrogen) atoms. The summed E-state index contributed by atoms with van der Waals surface area (Å²) >= 11 is 0. The fourth-order valence-corrected chi connectivity index (χ4v) is 6.07. The zero-order chi connectivity index (χ0) is 27.9. The summed E-state index contributed by atoms with van der Waals surface area (Å²) in [5.41, 5.74) is 0.960. The lowest BCUT2D eigenvalue weighted by atomic mass is 9.98. The third kappa shape index (κ3) is 6.00. The van der Waals surface area contributed by atoms with E-state index in [0.717, 1.165) is 30.7 Å². The zero-order valence-corrected chi connectivity index (χ0v) is 22.1. The number of aromatic nitrogens is 1. The summed E-state index contributed by atoms with van der Waals surface area (Å²) in [7, 11) is -3.49. The number of carbonyl (C=O) groups excluding carboxylic acids is 1. The lowest BCUT2D eigenvalue weighted by molar-refractivity contribution is -0.141. The van der Waals surface area contributed by atoms with Crippen LogP contribution in [0, 0.1) is 17.7 Å². The van der Waals surface area contributed by atoms with Crippen molar-refractivity contribution < 1.29 is 30.8 Å². The highest BCUT2D eigenvalue weighted by Crippen LogP contribution is 2.52. The van der Waals surface area contributed by atoms with Crippen LogP contribution >= 0.6 is 0 Å². The number of rotatable bonds is 9. The molecule has 0 radical (unpaired) electrons. The number of hydrogen-bond acceptors (Lipinski definition) is 4. The molecule has 2 aliphatic carbocycles. The highest BCUT2D eigenvalue weighted by atomic mass is 32.2. The SMILES string of the molecule is CCS(=O)(=O)c1cccc([C@@H](C2CC2)N(Cc2ccc(C(F)(F)F)nc2)C(=O)[C@@H]2CC2c2ccc(F)cc2)c1. The van der Waals surface area contributed by atoms with Gasteiger partial charge in [0.1, 0.15) is 11.5 Å². The van der Waals surface area contributed by atoms with Crippen LogP contribution < -0.4 is 0 Å². The first-order chi connectivity index (χ1) is 18.5. The topological polar surface area (TPSA) is 67.3 Å². The number of alkyl halides is 3. The molecule has 2 aliphatic rings. The number of halogens is 4. The highest BCUT2D eigenvalue weighted by Gasteiger charge is 2.49. The fourth-order valence-electron chi connectivity index (χ4n) is 5.13. The molecule has 10 heteroatoms. The molecule has 1 aromatic heterocycles. The van der Waals surface area contributed by atoms with Gasteiger partial charge in [0.25, 0.3) is 0 Å². The van der Waals surface area contributed by atoms with Crippen molar-refractivity contribution in [1.82, 2.24) is 9.88 Å². The summed E-state index contributed by atoms with van der Waals surface area (Å²) in [5, 5.41) is 0. The quantitative estimate of drug-likeness (QED) is 0.288. The largest absolute Gasteiger partial charge is 0.433 e. The Labute approximate surface area is 224 Å². The standard InChI is InChI=1S/C29H28F4N2O3S/c1-2-39(37,38)23-5-3-4-21(14-23)27(20-7-8-20)35(17-18-6-13-26(34-16-18)29(31,32)33)28(36)25-15-24(25)19-9-11-22(30)12-10-19/h3-6,9-14,16,20,24-25,27H,2,7-8,15,17H2,1H3/t24?,25-,27-/m1/s1. The number of carbonyl (C=O) groups is 1. The molecule has 0 saturated heterocycles. The Hall–Kier alpha value is -3.27. The minimum atomic E-state index is -4.58. The van der Waals surface area contributed by atoms with E-state index in [1.165, 1.54) is 24.3 Å². The first-order valence-corrected chi connectivity index (χ1v) is 14.5. The highest BCUT2D eigenvalue weighted by molar-refractivity contribution is 7.91. The molecule has 0 N–H and O–H groups in total. The Bertz CT molecular complexity index is 1450. The maximum Gasteiger partial charge on any atom is 0.433 e. The number of sulfone groups is 1. The number of hydrogen-bond donors (Lipinski definition) is 0. The Morgan fingerprint density at radius 1 is 1.08 bits per heavy atom. The summed E-state index contributed by atoms with van der Waals surface area (Å²) in [5.74, 6) is -0.941. The zero-order valence-electron chi connectivity index (χ0n) is 21.2. The van der Waals surface area contributed by atoms with Crippen LogP contribution in [0.5, 0.6) is 0 Å². The van der Waals surface area contributed by atoms with E-state index >= 15 is 0 Å². The molecule has 0 aliphatic heterocycles. The van der Waals surface area contributed by atoms with Crippen LogP contribution in [-0.2, 0) is 27.4 Å². The summed E-state index contributed by atoms with van der Waals surface area (Å²) in [6, 6.07) is 14.4. The molecule has 1 heterocycles. The van der Waals surface area contributed by atoms with Crippen molar-refractivity contribution >= 4 is 15.7 Å². The van der Waals surface area contributed by atoms with E-state index in [-0.39, 0.29) is 46.7 Å². The van der Waals surface area contributed by atoms with Crippen LogP contribution in [0.4, 0.5) is 17.6 Å². The van der Waals surface area contributed by atoms with Gasteiger partial charge in [0.15, 0.2) is 9.84 Å². The molecule has 2 aromatic carbocycles. The molecule has 2 fully saturated rings. The molecule has 3 aromatic rings. The Morgan fingerprint density at radius 2 is 1.79 bits per heavy atom. The average Bonchev–Trinajstić information content (AvgIpc) is 3.84. The van der Waals surface area contributed by atoms with Crippen molar-refractivity contribution in [3.8, 4) is 0 Å². The monoisotopic (exact) mass is 560 g/mol. The van der Waals surface area contributed by atoms with Crippen molar-refractivity contribution in [2.24, 2.45) is 11.8 Å². The van der Waals surface area contributed by atoms with Crippen molar-refractivity contribution in [2.45, 2.75) is 55.8 Å². The maximum atomic E-state index is 14.0. The molecule has 0 bridgehead atoms. The van der Waals surface area contributed by atoms with Gasteiger partial charge in [-0.1, -0.05) is 37.3 Å². The normalized spacial score (nSPS) is 19.9. The van der Waals surface area contributed by atoms with Crippen LogP contribution in [0.2, 0.25) is 0 Å². The van der Waals surface area contributed by atoms with Crippen LogP contribution in [-0.4, -0.2) is 30.0 Å². The number of pyridine rings is 1. The van der Waals surface area contributed by atoms with Gasteiger partial charge < -0.3 is 4.90 Å². The number of nitrogens with zero attached hydrogens (tertiary/aromatic N) is 2. The summed E-state index contributed by atoms with van der Waals surface area (Å²) < 4.78 is 77.9. The van der Waals surface area contributed by atoms with Gasteiger partial charge >= 0.3 is 6.18 Å². The summed E-state index contributed by atoms with van der Waals surface area (Å²) in [4.78, 5) is 19.4. The molecule has 206 valence electrons. The first-order valence-electron chi connectivity index (χ1n) is 12.9. The van der Waals surface area contributed by atoms with E-state index in [2.05, 4.69) is 4.98 Å². The van der Waals surface area contributed by atoms with E-state index in [9.17, 15) is 30.8 Å². The van der Waals surface area contributed by atoms with E-state index in [0.29, 0.717) is 17.5 Å². The maximum absolute atomic E-state index is 14.0. The second kappa shape index (κ2) is 10.4. The fraction of sp³-hybridized carbons (Fsp3) is 0.379. The van der Waals surface area contributed by atoms with E-state index in [1.54, 1.807) is 42.2 Å². The van der Waals surface area contributed by atoms with E-state index < -0.39 is 27.7 Å². The third-order valence-electron chi connectivity index (χ3n) is 7.50. The smallest absolute Gasteiger partial charge is 0.331 e. The lowest BCUT2D eigenvalue weighted by Gasteiger charge is -2.33. The van der Waals surface area contributed by atoms with Gasteiger partial charge in [-0.15, -0.1) is 0 Å². The molecule has 5 nitrogen and oxygen atoms in total.